The molecule has 3 aliphatic rings. The maximum atomic E-state index is 13.0. The fraction of sp³-hybridized carbons (Fsp3) is 0.474. The number of rotatable bonds is 4. The molecule has 2 bridgehead atoms. The lowest BCUT2D eigenvalue weighted by Gasteiger charge is -2.23. The van der Waals surface area contributed by atoms with Gasteiger partial charge in [-0.3, -0.25) is 9.59 Å². The van der Waals surface area contributed by atoms with Crippen LogP contribution < -0.4 is 0 Å². The SMILES string of the molecule is CC(C)OC(=O)[C@@H]1[C@H]2C=C[C@@]3(CN(Cc4ccccc4)C(=O)[C@@H]13)O2. The van der Waals surface area contributed by atoms with Crippen molar-refractivity contribution in [3.05, 3.63) is 48.0 Å². The smallest absolute Gasteiger partial charge is 0.313 e. The molecule has 126 valence electrons. The fourth-order valence-electron chi connectivity index (χ4n) is 4.10. The number of likely N-dealkylation sites (tertiary alicyclic amines) is 1. The number of ether oxygens (including phenoxy) is 2. The summed E-state index contributed by atoms with van der Waals surface area (Å²) < 4.78 is 11.4. The van der Waals surface area contributed by atoms with Crippen molar-refractivity contribution in [2.75, 3.05) is 6.54 Å². The molecule has 1 amide bonds. The number of carbonyl (C=O) groups excluding carboxylic acids is 2. The number of hydrogen-bond acceptors (Lipinski definition) is 4. The third-order valence-corrected chi connectivity index (χ3v) is 5.02. The highest BCUT2D eigenvalue weighted by Crippen LogP contribution is 2.52. The minimum Gasteiger partial charge on any atom is -0.463 e. The van der Waals surface area contributed by atoms with Crippen LogP contribution in [0.4, 0.5) is 0 Å². The van der Waals surface area contributed by atoms with Crippen LogP contribution in [0.25, 0.3) is 0 Å². The van der Waals surface area contributed by atoms with E-state index < -0.39 is 17.4 Å². The lowest BCUT2D eigenvalue weighted by molar-refractivity contribution is -0.157. The van der Waals surface area contributed by atoms with Crippen molar-refractivity contribution in [2.45, 2.75) is 38.2 Å². The summed E-state index contributed by atoms with van der Waals surface area (Å²) >= 11 is 0. The third kappa shape index (κ3) is 2.26. The molecule has 4 rings (SSSR count). The van der Waals surface area contributed by atoms with Gasteiger partial charge in [0.05, 0.1) is 24.7 Å². The van der Waals surface area contributed by atoms with Gasteiger partial charge in [-0.15, -0.1) is 0 Å². The number of hydrogen-bond donors (Lipinski definition) is 0. The van der Waals surface area contributed by atoms with E-state index in [1.165, 1.54) is 0 Å². The van der Waals surface area contributed by atoms with Crippen molar-refractivity contribution >= 4 is 11.9 Å². The Kier molecular flexibility index (Phi) is 3.49. The number of fused-ring (bicyclic) bond motifs is 1. The lowest BCUT2D eigenvalue weighted by atomic mass is 9.77. The molecule has 1 aromatic carbocycles. The summed E-state index contributed by atoms with van der Waals surface area (Å²) in [5.41, 5.74) is 0.402. The van der Waals surface area contributed by atoms with E-state index in [-0.39, 0.29) is 24.1 Å². The highest BCUT2D eigenvalue weighted by molar-refractivity contribution is 5.91. The van der Waals surface area contributed by atoms with Gasteiger partial charge in [-0.2, -0.15) is 0 Å². The predicted molar refractivity (Wildman–Crippen MR) is 86.8 cm³/mol. The van der Waals surface area contributed by atoms with Crippen LogP contribution in [0.1, 0.15) is 19.4 Å². The van der Waals surface area contributed by atoms with Gasteiger partial charge in [-0.05, 0) is 19.4 Å². The number of benzene rings is 1. The Hall–Kier alpha value is -2.14. The first-order valence-electron chi connectivity index (χ1n) is 8.40. The van der Waals surface area contributed by atoms with E-state index in [0.29, 0.717) is 13.1 Å². The van der Waals surface area contributed by atoms with Crippen LogP contribution in [0.15, 0.2) is 42.5 Å². The van der Waals surface area contributed by atoms with Gasteiger partial charge < -0.3 is 14.4 Å². The molecule has 5 nitrogen and oxygen atoms in total. The van der Waals surface area contributed by atoms with Crippen molar-refractivity contribution in [1.29, 1.82) is 0 Å². The summed E-state index contributed by atoms with van der Waals surface area (Å²) in [6.07, 6.45) is 3.32. The van der Waals surface area contributed by atoms with Crippen molar-refractivity contribution in [3.63, 3.8) is 0 Å². The van der Waals surface area contributed by atoms with Gasteiger partial charge in [-0.1, -0.05) is 42.5 Å². The largest absolute Gasteiger partial charge is 0.463 e. The first kappa shape index (κ1) is 15.4. The minimum atomic E-state index is -0.669. The van der Waals surface area contributed by atoms with Gasteiger partial charge in [0.2, 0.25) is 5.91 Å². The van der Waals surface area contributed by atoms with E-state index >= 15 is 0 Å². The van der Waals surface area contributed by atoms with Crippen LogP contribution in [0, 0.1) is 11.8 Å². The van der Waals surface area contributed by atoms with Gasteiger partial charge in [-0.25, -0.2) is 0 Å². The molecule has 2 saturated heterocycles. The van der Waals surface area contributed by atoms with E-state index in [0.717, 1.165) is 5.56 Å². The standard InChI is InChI=1S/C19H21NO4/c1-12(2)23-18(22)15-14-8-9-19(24-14)11-20(17(21)16(15)19)10-13-6-4-3-5-7-13/h3-9,12,14-16H,10-11H2,1-2H3/t14-,15-,16-,19+/m1/s1. The average Bonchev–Trinajstić information content (AvgIpc) is 3.16. The molecule has 1 aromatic rings. The van der Waals surface area contributed by atoms with Crippen molar-refractivity contribution in [1.82, 2.24) is 4.90 Å². The maximum absolute atomic E-state index is 13.0. The lowest BCUT2D eigenvalue weighted by Crippen LogP contribution is -2.40. The molecule has 24 heavy (non-hydrogen) atoms. The van der Waals surface area contributed by atoms with E-state index in [1.54, 1.807) is 4.90 Å². The van der Waals surface area contributed by atoms with Crippen molar-refractivity contribution in [2.24, 2.45) is 11.8 Å². The fourth-order valence-corrected chi connectivity index (χ4v) is 4.10. The van der Waals surface area contributed by atoms with Crippen LogP contribution in [0.2, 0.25) is 0 Å². The molecular weight excluding hydrogens is 306 g/mol. The molecule has 0 aromatic heterocycles. The molecule has 0 aliphatic carbocycles. The van der Waals surface area contributed by atoms with Crippen molar-refractivity contribution < 1.29 is 19.1 Å². The predicted octanol–water partition coefficient (Wildman–Crippen LogP) is 1.92. The van der Waals surface area contributed by atoms with Crippen LogP contribution in [-0.2, 0) is 25.6 Å². The quantitative estimate of drug-likeness (QED) is 0.626. The van der Waals surface area contributed by atoms with Gasteiger partial charge in [0.25, 0.3) is 0 Å². The average molecular weight is 327 g/mol. The van der Waals surface area contributed by atoms with Crippen LogP contribution in [-0.4, -0.2) is 41.1 Å². The summed E-state index contributed by atoms with van der Waals surface area (Å²) in [5, 5.41) is 0. The second-order valence-corrected chi connectivity index (χ2v) is 7.07. The molecule has 1 spiro atoms. The topological polar surface area (TPSA) is 55.8 Å². The van der Waals surface area contributed by atoms with Gasteiger partial charge in [0.15, 0.2) is 0 Å². The monoisotopic (exact) mass is 327 g/mol. The Morgan fingerprint density at radius 2 is 2.12 bits per heavy atom. The summed E-state index contributed by atoms with van der Waals surface area (Å²) in [4.78, 5) is 27.3. The van der Waals surface area contributed by atoms with Crippen LogP contribution in [0.5, 0.6) is 0 Å². The number of esters is 1. The van der Waals surface area contributed by atoms with Crippen LogP contribution in [0.3, 0.4) is 0 Å². The molecule has 2 fully saturated rings. The number of amides is 1. The van der Waals surface area contributed by atoms with Gasteiger partial charge in [0, 0.05) is 6.54 Å². The summed E-state index contributed by atoms with van der Waals surface area (Å²) in [6.45, 7) is 4.65. The third-order valence-electron chi connectivity index (χ3n) is 5.02. The first-order valence-corrected chi connectivity index (χ1v) is 8.40. The molecule has 0 saturated carbocycles. The summed E-state index contributed by atoms with van der Waals surface area (Å²) in [5.74, 6) is -1.36. The summed E-state index contributed by atoms with van der Waals surface area (Å²) in [6, 6.07) is 9.86. The van der Waals surface area contributed by atoms with E-state index in [1.807, 2.05) is 56.3 Å². The second-order valence-electron chi connectivity index (χ2n) is 7.07. The van der Waals surface area contributed by atoms with Gasteiger partial charge in [0.1, 0.15) is 11.5 Å². The minimum absolute atomic E-state index is 0.0172. The summed E-state index contributed by atoms with van der Waals surface area (Å²) in [7, 11) is 0. The normalized spacial score (nSPS) is 33.4. The first-order chi connectivity index (χ1) is 11.5. The molecule has 3 aliphatic heterocycles. The van der Waals surface area contributed by atoms with Crippen LogP contribution >= 0.6 is 0 Å². The molecular formula is C19H21NO4. The molecule has 5 heteroatoms. The molecule has 3 heterocycles. The Balaban J connectivity index is 1.58. The molecule has 0 unspecified atom stereocenters. The number of carbonyl (C=O) groups is 2. The molecule has 0 radical (unpaired) electrons. The molecule has 0 N–H and O–H groups in total. The zero-order valence-corrected chi connectivity index (χ0v) is 13.8. The van der Waals surface area contributed by atoms with E-state index in [9.17, 15) is 9.59 Å². The number of nitrogens with zero attached hydrogens (tertiary/aromatic N) is 1. The Bertz CT molecular complexity index is 699. The Labute approximate surface area is 141 Å². The zero-order valence-electron chi connectivity index (χ0n) is 13.8. The van der Waals surface area contributed by atoms with E-state index in [4.69, 9.17) is 9.47 Å². The highest BCUT2D eigenvalue weighted by atomic mass is 16.6. The molecule has 4 atom stereocenters. The Morgan fingerprint density at radius 3 is 2.83 bits per heavy atom. The maximum Gasteiger partial charge on any atom is 0.313 e. The van der Waals surface area contributed by atoms with Crippen molar-refractivity contribution in [3.8, 4) is 0 Å². The Morgan fingerprint density at radius 1 is 1.38 bits per heavy atom. The second kappa shape index (κ2) is 5.45. The highest BCUT2D eigenvalue weighted by Gasteiger charge is 2.67. The zero-order chi connectivity index (χ0) is 16.9. The van der Waals surface area contributed by atoms with Gasteiger partial charge >= 0.3 is 5.97 Å². The van der Waals surface area contributed by atoms with E-state index in [2.05, 4.69) is 0 Å².